The van der Waals surface area contributed by atoms with Gasteiger partial charge in [0.25, 0.3) is 0 Å². The predicted octanol–water partition coefficient (Wildman–Crippen LogP) is 5.86. The van der Waals surface area contributed by atoms with Gasteiger partial charge in [0.15, 0.2) is 0 Å². The van der Waals surface area contributed by atoms with Crippen molar-refractivity contribution in [2.75, 3.05) is 0 Å². The summed E-state index contributed by atoms with van der Waals surface area (Å²) in [6.45, 7) is 8.82. The van der Waals surface area contributed by atoms with Crippen molar-refractivity contribution in [3.8, 4) is 0 Å². The second kappa shape index (κ2) is 9.41. The molecule has 1 atom stereocenters. The Hall–Kier alpha value is -0.746. The van der Waals surface area contributed by atoms with Crippen molar-refractivity contribution >= 4 is 5.77 Å². The van der Waals surface area contributed by atoms with E-state index in [0.29, 0.717) is 0 Å². The van der Waals surface area contributed by atoms with Crippen LogP contribution >= 0.6 is 5.77 Å². The van der Waals surface area contributed by atoms with Crippen LogP contribution in [-0.2, 0) is 29.2 Å². The van der Waals surface area contributed by atoms with E-state index < -0.39 is 0 Å². The summed E-state index contributed by atoms with van der Waals surface area (Å²) in [6, 6.07) is 19.5. The molecule has 0 aliphatic rings. The third-order valence-electron chi connectivity index (χ3n) is 4.18. The Morgan fingerprint density at radius 3 is 2.23 bits per heavy atom. The van der Waals surface area contributed by atoms with Crippen molar-refractivity contribution in [2.24, 2.45) is 0 Å². The molecule has 0 saturated heterocycles. The van der Waals surface area contributed by atoms with Crippen LogP contribution in [0.2, 0.25) is 0 Å². The first-order valence-electron chi connectivity index (χ1n) is 7.25. The molecule has 22 heavy (non-hydrogen) atoms. The molecule has 0 spiro atoms. The average molecular weight is 345 g/mol. The van der Waals surface area contributed by atoms with Crippen LogP contribution in [0.25, 0.3) is 0 Å². The number of benzene rings is 2. The molecule has 2 rings (SSSR count). The van der Waals surface area contributed by atoms with Crippen LogP contribution in [0.4, 0.5) is 0 Å². The van der Waals surface area contributed by atoms with Crippen LogP contribution < -0.4 is 0 Å². The summed E-state index contributed by atoms with van der Waals surface area (Å²) in [5, 5.41) is 0. The molecule has 1 nitrogen and oxygen atoms in total. The van der Waals surface area contributed by atoms with E-state index in [4.69, 9.17) is 4.57 Å². The Morgan fingerprint density at radius 1 is 1.14 bits per heavy atom. The molecule has 3 heteroatoms. The van der Waals surface area contributed by atoms with Crippen LogP contribution in [-0.4, -0.2) is 0 Å². The molecule has 0 bridgehead atoms. The van der Waals surface area contributed by atoms with E-state index in [2.05, 4.69) is 88.7 Å². The Kier molecular flexibility index (Phi) is 8.25. The Morgan fingerprint density at radius 2 is 1.73 bits per heavy atom. The molecule has 115 valence electrons. The van der Waals surface area contributed by atoms with Crippen molar-refractivity contribution in [3.05, 3.63) is 83.6 Å². The molecule has 0 amide bonds. The normalized spacial score (nSPS) is 12.6. The molecule has 0 aliphatic heterocycles. The van der Waals surface area contributed by atoms with Gasteiger partial charge in [0.2, 0.25) is 0 Å². The van der Waals surface area contributed by atoms with Crippen molar-refractivity contribution in [1.82, 2.24) is 0 Å². The van der Waals surface area contributed by atoms with E-state index in [-0.39, 0.29) is 11.2 Å². The Balaban J connectivity index is 0.000000745. The molecule has 2 aromatic rings. The van der Waals surface area contributed by atoms with Crippen LogP contribution in [0.1, 0.15) is 37.5 Å². The number of rotatable bonds is 4. The van der Waals surface area contributed by atoms with Crippen LogP contribution in [0, 0.1) is 19.3 Å². The second-order valence-corrected chi connectivity index (χ2v) is 6.48. The van der Waals surface area contributed by atoms with Gasteiger partial charge in [-0.2, -0.15) is 36.0 Å². The van der Waals surface area contributed by atoms with Crippen LogP contribution in [0.15, 0.2) is 54.6 Å². The summed E-state index contributed by atoms with van der Waals surface area (Å²) in [7, 11) is 0. The van der Waals surface area contributed by atoms with E-state index in [0.717, 1.165) is 0 Å². The van der Waals surface area contributed by atoms with Crippen molar-refractivity contribution in [1.29, 1.82) is 0 Å². The van der Waals surface area contributed by atoms with Gasteiger partial charge < -0.3 is 6.42 Å². The maximum atomic E-state index is 8.90. The maximum absolute atomic E-state index is 8.90. The third-order valence-corrected chi connectivity index (χ3v) is 4.18. The number of aryl methyl sites for hydroxylation is 1. The van der Waals surface area contributed by atoms with E-state index in [1.165, 1.54) is 22.6 Å². The van der Waals surface area contributed by atoms with Gasteiger partial charge >= 0.3 is 29.5 Å². The first-order valence-corrected chi connectivity index (χ1v) is 10.2. The Bertz CT molecular complexity index is 669. The van der Waals surface area contributed by atoms with E-state index in [1.54, 1.807) is 19.2 Å². The standard InChI is InChI=1S/C19H22.OP.Ti/c1-5-19(4,18-12-7-6-8-13-18)16(3)17-11-9-10-15(2)14-17;1-2;/h5-14H,1-4H3;;/q-2;-1;+1. The fourth-order valence-corrected chi connectivity index (χ4v) is 2.56. The fourth-order valence-electron chi connectivity index (χ4n) is 2.56. The van der Waals surface area contributed by atoms with E-state index in [9.17, 15) is 0 Å². The number of hydrogen-bond acceptors (Lipinski definition) is 1. The van der Waals surface area contributed by atoms with Gasteiger partial charge in [-0.15, -0.1) is 11.6 Å². The van der Waals surface area contributed by atoms with Crippen molar-refractivity contribution in [3.63, 3.8) is 0 Å². The van der Waals surface area contributed by atoms with Gasteiger partial charge in [0, 0.05) is 0 Å². The summed E-state index contributed by atoms with van der Waals surface area (Å²) in [5.74, 6) is 1.56. The molecule has 0 aliphatic carbocycles. The topological polar surface area (TPSA) is 17.1 Å². The summed E-state index contributed by atoms with van der Waals surface area (Å²) in [5.41, 5.74) is 3.96. The molecular weight excluding hydrogens is 323 g/mol. The van der Waals surface area contributed by atoms with E-state index >= 15 is 0 Å². The zero-order valence-corrected chi connectivity index (χ0v) is 16.1. The zero-order valence-electron chi connectivity index (χ0n) is 13.6. The van der Waals surface area contributed by atoms with Gasteiger partial charge in [-0.05, 0) is 0 Å². The summed E-state index contributed by atoms with van der Waals surface area (Å²) < 4.78 is 8.90. The van der Waals surface area contributed by atoms with Gasteiger partial charge in [0.1, 0.15) is 0 Å². The minimum absolute atomic E-state index is 0.0188. The SMILES string of the molecule is C[CH-]C(C)(c1ccccc1)[C-](C)c1cccc(C)c1.O=[P]#[Ti]. The van der Waals surface area contributed by atoms with Crippen molar-refractivity contribution < 1.29 is 23.8 Å². The predicted molar refractivity (Wildman–Crippen MR) is 90.6 cm³/mol. The van der Waals surface area contributed by atoms with Gasteiger partial charge in [-0.1, -0.05) is 62.7 Å². The monoisotopic (exact) mass is 345 g/mol. The molecule has 0 aromatic heterocycles. The molecule has 1 unspecified atom stereocenters. The summed E-state index contributed by atoms with van der Waals surface area (Å²) in [4.78, 5) is 0. The molecule has 2 aromatic carbocycles. The Labute approximate surface area is 146 Å². The van der Waals surface area contributed by atoms with Crippen LogP contribution in [0.5, 0.6) is 0 Å². The zero-order chi connectivity index (χ0) is 16.6. The molecule has 0 heterocycles. The molecule has 0 saturated carbocycles. The molecule has 0 radical (unpaired) electrons. The minimum atomic E-state index is -0.0188. The fraction of sp³-hybridized carbons (Fsp3) is 0.263. The summed E-state index contributed by atoms with van der Waals surface area (Å²) >= 11 is 1.54. The number of hydrogen-bond donors (Lipinski definition) is 0. The molecule has 0 fully saturated rings. The molecular formula is C19H22OPTi-2. The molecule has 0 N–H and O–H groups in total. The van der Waals surface area contributed by atoms with Crippen LogP contribution in [0.3, 0.4) is 0 Å². The first kappa shape index (κ1) is 19.3. The summed E-state index contributed by atoms with van der Waals surface area (Å²) in [6.07, 6.45) is 2.29. The van der Waals surface area contributed by atoms with Crippen molar-refractivity contribution in [2.45, 2.75) is 33.1 Å². The van der Waals surface area contributed by atoms with Gasteiger partial charge in [-0.3, -0.25) is 0 Å². The second-order valence-electron chi connectivity index (χ2n) is 5.44. The third kappa shape index (κ3) is 4.88. The first-order chi connectivity index (χ1) is 10.5. The van der Waals surface area contributed by atoms with Gasteiger partial charge in [0.05, 0.1) is 0 Å². The average Bonchev–Trinajstić information content (AvgIpc) is 2.55. The quantitative estimate of drug-likeness (QED) is 0.385. The van der Waals surface area contributed by atoms with Gasteiger partial charge in [-0.25, -0.2) is 0 Å². The van der Waals surface area contributed by atoms with E-state index in [1.807, 2.05) is 0 Å².